The average molecular weight is 293 g/mol. The van der Waals surface area contributed by atoms with Crippen LogP contribution < -0.4 is 5.32 Å². The number of benzene rings is 1. The summed E-state index contributed by atoms with van der Waals surface area (Å²) in [6.07, 6.45) is 2.62. The van der Waals surface area contributed by atoms with E-state index in [1.807, 2.05) is 30.5 Å². The zero-order chi connectivity index (χ0) is 14.6. The smallest absolute Gasteiger partial charge is 0.287 e. The maximum absolute atomic E-state index is 12.0. The molecule has 0 saturated heterocycles. The Labute approximate surface area is 122 Å². The number of thioether (sulfide) groups is 1. The number of aliphatic hydroxyl groups is 1. The first-order valence-corrected chi connectivity index (χ1v) is 7.89. The third-order valence-electron chi connectivity index (χ3n) is 3.12. The van der Waals surface area contributed by atoms with Gasteiger partial charge in [0.15, 0.2) is 5.76 Å². The number of carbonyl (C=O) groups is 1. The highest BCUT2D eigenvalue weighted by Crippen LogP contribution is 2.19. The predicted molar refractivity (Wildman–Crippen MR) is 82.2 cm³/mol. The van der Waals surface area contributed by atoms with Crippen LogP contribution in [0.25, 0.3) is 11.0 Å². The molecule has 20 heavy (non-hydrogen) atoms. The Hall–Kier alpha value is -1.46. The van der Waals surface area contributed by atoms with Crippen molar-refractivity contribution in [2.75, 3.05) is 18.6 Å². The van der Waals surface area contributed by atoms with Gasteiger partial charge in [-0.3, -0.25) is 4.79 Å². The van der Waals surface area contributed by atoms with Gasteiger partial charge in [-0.15, -0.1) is 0 Å². The minimum atomic E-state index is -0.898. The molecule has 4 nitrogen and oxygen atoms in total. The van der Waals surface area contributed by atoms with E-state index in [-0.39, 0.29) is 18.2 Å². The van der Waals surface area contributed by atoms with Gasteiger partial charge < -0.3 is 14.8 Å². The SMILES string of the molecule is CSCC[C@](C)(O)CNC(=O)c1cc2ccccc2o1. The number of carbonyl (C=O) groups excluding carboxylic acids is 1. The topological polar surface area (TPSA) is 62.5 Å². The van der Waals surface area contributed by atoms with E-state index in [0.29, 0.717) is 12.0 Å². The van der Waals surface area contributed by atoms with E-state index in [4.69, 9.17) is 4.42 Å². The highest BCUT2D eigenvalue weighted by molar-refractivity contribution is 7.98. The summed E-state index contributed by atoms with van der Waals surface area (Å²) in [6, 6.07) is 9.18. The number of furan rings is 1. The van der Waals surface area contributed by atoms with Gasteiger partial charge in [0.05, 0.1) is 5.60 Å². The van der Waals surface area contributed by atoms with E-state index >= 15 is 0 Å². The lowest BCUT2D eigenvalue weighted by atomic mass is 10.0. The van der Waals surface area contributed by atoms with E-state index in [1.165, 1.54) is 0 Å². The van der Waals surface area contributed by atoms with E-state index in [2.05, 4.69) is 5.32 Å². The standard InChI is InChI=1S/C15H19NO3S/c1-15(18,7-8-20-2)10-16-14(17)13-9-11-5-3-4-6-12(11)19-13/h3-6,9,18H,7-8,10H2,1-2H3,(H,16,17)/t15-/m0/s1. The Morgan fingerprint density at radius 2 is 2.20 bits per heavy atom. The number of rotatable bonds is 6. The summed E-state index contributed by atoms with van der Waals surface area (Å²) >= 11 is 1.67. The highest BCUT2D eigenvalue weighted by Gasteiger charge is 2.22. The molecule has 1 aromatic heterocycles. The van der Waals surface area contributed by atoms with Crippen molar-refractivity contribution in [3.05, 3.63) is 36.1 Å². The van der Waals surface area contributed by atoms with Crippen LogP contribution in [0.2, 0.25) is 0 Å². The third kappa shape index (κ3) is 3.77. The lowest BCUT2D eigenvalue weighted by Gasteiger charge is -2.22. The number of hydrogen-bond acceptors (Lipinski definition) is 4. The third-order valence-corrected chi connectivity index (χ3v) is 3.74. The van der Waals surface area contributed by atoms with Gasteiger partial charge in [0.2, 0.25) is 0 Å². The second-order valence-electron chi connectivity index (χ2n) is 5.07. The average Bonchev–Trinajstić information content (AvgIpc) is 2.86. The molecule has 0 aliphatic heterocycles. The molecule has 5 heteroatoms. The lowest BCUT2D eigenvalue weighted by Crippen LogP contribution is -2.40. The van der Waals surface area contributed by atoms with Crippen LogP contribution in [0.1, 0.15) is 23.9 Å². The van der Waals surface area contributed by atoms with Crippen LogP contribution in [0.4, 0.5) is 0 Å². The van der Waals surface area contributed by atoms with Crippen LogP contribution in [-0.4, -0.2) is 35.2 Å². The Bertz CT molecular complexity index is 559. The Morgan fingerprint density at radius 3 is 2.90 bits per heavy atom. The van der Waals surface area contributed by atoms with Crippen molar-refractivity contribution in [1.29, 1.82) is 0 Å². The summed E-state index contributed by atoms with van der Waals surface area (Å²) in [5.41, 5.74) is -0.211. The fraction of sp³-hybridized carbons (Fsp3) is 0.400. The first-order chi connectivity index (χ1) is 9.52. The second kappa shape index (κ2) is 6.33. The van der Waals surface area contributed by atoms with E-state index in [9.17, 15) is 9.90 Å². The molecule has 0 aliphatic carbocycles. The second-order valence-corrected chi connectivity index (χ2v) is 6.06. The van der Waals surface area contributed by atoms with Crippen LogP contribution >= 0.6 is 11.8 Å². The molecule has 0 spiro atoms. The van der Waals surface area contributed by atoms with Gasteiger partial charge in [-0.05, 0) is 37.5 Å². The van der Waals surface area contributed by atoms with Crippen LogP contribution in [0.15, 0.2) is 34.7 Å². The minimum absolute atomic E-state index is 0.212. The molecular weight excluding hydrogens is 274 g/mol. The Kier molecular flexibility index (Phi) is 4.73. The molecule has 2 rings (SSSR count). The largest absolute Gasteiger partial charge is 0.451 e. The predicted octanol–water partition coefficient (Wildman–Crippen LogP) is 2.67. The molecule has 2 N–H and O–H groups in total. The Morgan fingerprint density at radius 1 is 1.45 bits per heavy atom. The summed E-state index contributed by atoms with van der Waals surface area (Å²) < 4.78 is 5.48. The van der Waals surface area contributed by atoms with Gasteiger partial charge in [-0.1, -0.05) is 18.2 Å². The number of fused-ring (bicyclic) bond motifs is 1. The maximum atomic E-state index is 12.0. The van der Waals surface area contributed by atoms with Crippen LogP contribution in [-0.2, 0) is 0 Å². The van der Waals surface area contributed by atoms with Gasteiger partial charge >= 0.3 is 0 Å². The van der Waals surface area contributed by atoms with Crippen molar-refractivity contribution in [3.8, 4) is 0 Å². The fourth-order valence-electron chi connectivity index (χ4n) is 1.86. The maximum Gasteiger partial charge on any atom is 0.287 e. The van der Waals surface area contributed by atoms with Crippen LogP contribution in [0.5, 0.6) is 0 Å². The molecule has 1 heterocycles. The minimum Gasteiger partial charge on any atom is -0.451 e. The fourth-order valence-corrected chi connectivity index (χ4v) is 2.51. The van der Waals surface area contributed by atoms with Crippen molar-refractivity contribution < 1.29 is 14.3 Å². The van der Waals surface area contributed by atoms with Crippen molar-refractivity contribution in [3.63, 3.8) is 0 Å². The molecular formula is C15H19NO3S. The number of hydrogen-bond donors (Lipinski definition) is 2. The van der Waals surface area contributed by atoms with Crippen molar-refractivity contribution in [2.24, 2.45) is 0 Å². The van der Waals surface area contributed by atoms with E-state index in [1.54, 1.807) is 24.8 Å². The van der Waals surface area contributed by atoms with Gasteiger partial charge in [0.25, 0.3) is 5.91 Å². The zero-order valence-electron chi connectivity index (χ0n) is 11.7. The molecule has 0 aliphatic rings. The van der Waals surface area contributed by atoms with Gasteiger partial charge in [0.1, 0.15) is 5.58 Å². The van der Waals surface area contributed by atoms with Crippen LogP contribution in [0, 0.1) is 0 Å². The van der Waals surface area contributed by atoms with Crippen molar-refractivity contribution in [2.45, 2.75) is 18.9 Å². The highest BCUT2D eigenvalue weighted by atomic mass is 32.2. The first-order valence-electron chi connectivity index (χ1n) is 6.50. The van der Waals surface area contributed by atoms with E-state index in [0.717, 1.165) is 11.1 Å². The summed E-state index contributed by atoms with van der Waals surface area (Å²) in [6.45, 7) is 1.94. The van der Waals surface area contributed by atoms with Gasteiger partial charge in [0, 0.05) is 11.9 Å². The summed E-state index contributed by atoms with van der Waals surface area (Å²) in [5, 5.41) is 13.7. The lowest BCUT2D eigenvalue weighted by molar-refractivity contribution is 0.0521. The molecule has 0 fully saturated rings. The molecule has 108 valence electrons. The zero-order valence-corrected chi connectivity index (χ0v) is 12.5. The molecule has 0 bridgehead atoms. The monoisotopic (exact) mass is 293 g/mol. The molecule has 1 atom stereocenters. The molecule has 0 unspecified atom stereocenters. The van der Waals surface area contributed by atoms with Crippen molar-refractivity contribution >= 4 is 28.6 Å². The normalized spacial score (nSPS) is 14.2. The first kappa shape index (κ1) is 14.9. The van der Waals surface area contributed by atoms with Gasteiger partial charge in [-0.2, -0.15) is 11.8 Å². The molecule has 0 saturated carbocycles. The molecule has 1 amide bonds. The van der Waals surface area contributed by atoms with E-state index < -0.39 is 5.60 Å². The van der Waals surface area contributed by atoms with Gasteiger partial charge in [-0.25, -0.2) is 0 Å². The summed E-state index contributed by atoms with van der Waals surface area (Å²) in [4.78, 5) is 12.0. The van der Waals surface area contributed by atoms with Crippen LogP contribution in [0.3, 0.4) is 0 Å². The number of para-hydroxylation sites is 1. The number of nitrogens with one attached hydrogen (secondary N) is 1. The molecule has 2 aromatic rings. The summed E-state index contributed by atoms with van der Waals surface area (Å²) in [5.74, 6) is 0.825. The number of amides is 1. The van der Waals surface area contributed by atoms with Crippen molar-refractivity contribution in [1.82, 2.24) is 5.32 Å². The molecule has 0 radical (unpaired) electrons. The summed E-state index contributed by atoms with van der Waals surface area (Å²) in [7, 11) is 0. The Balaban J connectivity index is 1.98. The quantitative estimate of drug-likeness (QED) is 0.859. The molecule has 1 aromatic carbocycles.